The van der Waals surface area contributed by atoms with Gasteiger partial charge in [-0.05, 0) is 24.1 Å². The Hall–Kier alpha value is -1.11. The molecule has 1 atom stereocenters. The van der Waals surface area contributed by atoms with Gasteiger partial charge in [0.1, 0.15) is 6.04 Å². The molecule has 1 heterocycles. The molecule has 0 saturated carbocycles. The van der Waals surface area contributed by atoms with E-state index in [-0.39, 0.29) is 31.0 Å². The topological polar surface area (TPSA) is 72.5 Å². The number of carbonyl (C=O) groups excluding carboxylic acids is 2. The number of aliphatic carboxylic acids is 1. The molecule has 5 nitrogen and oxygen atoms in total. The molecule has 8 heteroatoms. The fourth-order valence-corrected chi connectivity index (χ4v) is 1.56. The molecule has 108 valence electrons. The third-order valence-electron chi connectivity index (χ3n) is 2.64. The van der Waals surface area contributed by atoms with Crippen molar-refractivity contribution in [1.82, 2.24) is 10.2 Å². The van der Waals surface area contributed by atoms with Crippen molar-refractivity contribution in [3.05, 3.63) is 35.6 Å². The van der Waals surface area contributed by atoms with Gasteiger partial charge in [-0.3, -0.25) is 4.79 Å². The summed E-state index contributed by atoms with van der Waals surface area (Å²) in [6, 6.07) is -0.516. The number of dihydropyridines is 1. The minimum Gasteiger partial charge on any atom is -0.543 e. The maximum atomic E-state index is 11.4. The number of carboxylic acid groups (broad SMARTS) is 1. The van der Waals surface area contributed by atoms with Gasteiger partial charge in [0.25, 0.3) is 0 Å². The first-order valence-corrected chi connectivity index (χ1v) is 6.62. The van der Waals surface area contributed by atoms with E-state index in [1.807, 2.05) is 14.1 Å². The van der Waals surface area contributed by atoms with Crippen LogP contribution in [0.3, 0.4) is 0 Å². The van der Waals surface area contributed by atoms with Crippen molar-refractivity contribution in [2.24, 2.45) is 0 Å². The molecule has 0 fully saturated rings. The predicted octanol–water partition coefficient (Wildman–Crippen LogP) is -0.575. The van der Waals surface area contributed by atoms with Gasteiger partial charge in [-0.15, -0.1) is 0 Å². The van der Waals surface area contributed by atoms with Gasteiger partial charge >= 0.3 is 19.5 Å². The zero-order valence-electron chi connectivity index (χ0n) is 11.8. The molecule has 0 aromatic rings. The Kier molecular flexibility index (Phi) is 8.55. The summed E-state index contributed by atoms with van der Waals surface area (Å²) in [5, 5.41) is 13.2. The smallest absolute Gasteiger partial charge is 0.543 e. The molecule has 0 amide bonds. The van der Waals surface area contributed by atoms with Crippen LogP contribution in [0.2, 0.25) is 0 Å². The number of allylic oxidation sites excluding steroid dienone is 3. The van der Waals surface area contributed by atoms with Gasteiger partial charge in [-0.1, -0.05) is 16.5 Å². The Bertz CT molecular complexity index is 528. The van der Waals surface area contributed by atoms with Crippen LogP contribution in [-0.4, -0.2) is 41.1 Å². The summed E-state index contributed by atoms with van der Waals surface area (Å²) in [6.45, 7) is 0. The number of carboxylic acids is 1. The first-order valence-electron chi connectivity index (χ1n) is 5.80. The summed E-state index contributed by atoms with van der Waals surface area (Å²) < 4.78 is 0.509. The number of hydrogen-bond donors (Lipinski definition) is 1. The number of carbonyl (C=O) groups is 2. The minimum atomic E-state index is -1.29. The normalized spacial score (nSPS) is 18.6. The van der Waals surface area contributed by atoms with Crippen LogP contribution in [0.4, 0.5) is 0 Å². The Morgan fingerprint density at radius 3 is 2.52 bits per heavy atom. The van der Waals surface area contributed by atoms with E-state index in [1.54, 1.807) is 17.1 Å². The molecule has 0 aromatic heterocycles. The first-order chi connectivity index (χ1) is 9.32. The van der Waals surface area contributed by atoms with E-state index in [0.29, 0.717) is 10.7 Å². The van der Waals surface area contributed by atoms with Crippen LogP contribution < -0.4 is 10.4 Å². The van der Waals surface area contributed by atoms with E-state index in [2.05, 4.69) is 30.2 Å². The molecule has 0 radical (unpaired) electrons. The summed E-state index contributed by atoms with van der Waals surface area (Å²) >= 11 is 9.12. The molecular weight excluding hydrogens is 362 g/mol. The van der Waals surface area contributed by atoms with E-state index >= 15 is 0 Å². The average Bonchev–Trinajstić information content (AvgIpc) is 2.39. The van der Waals surface area contributed by atoms with Crippen LogP contribution in [0, 0.1) is 0 Å². The Labute approximate surface area is 147 Å². The number of thiocarbonyl (C=S) groups is 1. The Morgan fingerprint density at radius 2 is 2.05 bits per heavy atom. The number of hydrogen-bond acceptors (Lipinski definition) is 6. The second-order valence-electron chi connectivity index (χ2n) is 4.36. The number of fused-ring (bicyclic) bond motifs is 1. The molecule has 1 aliphatic heterocycles. The summed E-state index contributed by atoms with van der Waals surface area (Å²) in [5.74, 6) is -1.41. The molecule has 0 bridgehead atoms. The van der Waals surface area contributed by atoms with Gasteiger partial charge in [0.15, 0.2) is 5.78 Å². The minimum absolute atomic E-state index is 0. The van der Waals surface area contributed by atoms with Crippen LogP contribution in [0.25, 0.3) is 0 Å². The number of ketones is 1. The second-order valence-corrected chi connectivity index (χ2v) is 5.39. The summed E-state index contributed by atoms with van der Waals surface area (Å²) in [4.78, 5) is 23.6. The fourth-order valence-electron chi connectivity index (χ4n) is 1.56. The Balaban J connectivity index is 0.000000495. The maximum absolute atomic E-state index is 11.4. The third-order valence-corrected chi connectivity index (χ3v) is 3.37. The van der Waals surface area contributed by atoms with E-state index in [1.165, 1.54) is 12.2 Å². The molecule has 0 spiro atoms. The third kappa shape index (κ3) is 6.03. The molecule has 0 aromatic carbocycles. The number of nitrogens with zero attached hydrogens (tertiary/aromatic N) is 1. The van der Waals surface area contributed by atoms with E-state index in [4.69, 9.17) is 0 Å². The maximum Gasteiger partial charge on any atom is 2.00 e. The standard InChI is InChI=1S/C10H9NO3.C3H7NS2.Zn/c12-8-3-1-2-6-4-5-7(10(13)14)11-9(6)8;1-4(2)3(5)6;/h1,3-5,9,11H,2H2,(H,13,14);1-2H3,(H,5,6);/q;;+2/p-2. The van der Waals surface area contributed by atoms with Crippen molar-refractivity contribution in [3.63, 3.8) is 0 Å². The predicted molar refractivity (Wildman–Crippen MR) is 80.5 cm³/mol. The summed E-state index contributed by atoms with van der Waals surface area (Å²) in [6.07, 6.45) is 7.00. The molecule has 1 unspecified atom stereocenters. The van der Waals surface area contributed by atoms with Gasteiger partial charge in [0.05, 0.1) is 11.7 Å². The van der Waals surface area contributed by atoms with Crippen LogP contribution in [0.5, 0.6) is 0 Å². The zero-order valence-corrected chi connectivity index (χ0v) is 16.4. The van der Waals surface area contributed by atoms with Gasteiger partial charge in [0.2, 0.25) is 0 Å². The fraction of sp³-hybridized carbons (Fsp3) is 0.308. The van der Waals surface area contributed by atoms with Gasteiger partial charge in [-0.2, -0.15) is 0 Å². The van der Waals surface area contributed by atoms with Crippen LogP contribution in [-0.2, 0) is 41.7 Å². The van der Waals surface area contributed by atoms with Crippen molar-refractivity contribution >= 4 is 40.9 Å². The molecule has 1 N–H and O–H groups in total. The molecule has 21 heavy (non-hydrogen) atoms. The van der Waals surface area contributed by atoms with Gasteiger partial charge < -0.3 is 45.0 Å². The van der Waals surface area contributed by atoms with E-state index in [9.17, 15) is 14.7 Å². The van der Waals surface area contributed by atoms with Gasteiger partial charge in [-0.25, -0.2) is 0 Å². The van der Waals surface area contributed by atoms with Crippen molar-refractivity contribution in [2.45, 2.75) is 12.5 Å². The molecule has 0 saturated heterocycles. The van der Waals surface area contributed by atoms with Crippen molar-refractivity contribution in [1.29, 1.82) is 0 Å². The van der Waals surface area contributed by atoms with Gasteiger partial charge in [0, 0.05) is 14.1 Å². The monoisotopic (exact) mass is 374 g/mol. The molecule has 1 aliphatic carbocycles. The molecular formula is C13H14N2O3S2Zn. The molecule has 2 aliphatic rings. The van der Waals surface area contributed by atoms with Crippen LogP contribution in [0.1, 0.15) is 6.42 Å². The summed E-state index contributed by atoms with van der Waals surface area (Å²) in [5.41, 5.74) is 0.852. The molecule has 2 rings (SSSR count). The van der Waals surface area contributed by atoms with E-state index in [0.717, 1.165) is 5.57 Å². The first kappa shape index (κ1) is 19.9. The number of nitrogens with one attached hydrogen (secondary N) is 1. The second kappa shape index (κ2) is 9.02. The van der Waals surface area contributed by atoms with E-state index < -0.39 is 12.0 Å². The van der Waals surface area contributed by atoms with Crippen LogP contribution in [0.15, 0.2) is 35.6 Å². The largest absolute Gasteiger partial charge is 2.00 e. The SMILES string of the molecule is CN(C)C(=S)[S-].O=C([O-])C1=CC=C2CC=CC(=O)C2N1.[Zn+2]. The zero-order chi connectivity index (χ0) is 15.3. The van der Waals surface area contributed by atoms with Crippen LogP contribution >= 0.6 is 12.2 Å². The van der Waals surface area contributed by atoms with Crippen molar-refractivity contribution in [3.8, 4) is 0 Å². The quantitative estimate of drug-likeness (QED) is 0.373. The number of rotatable bonds is 1. The Morgan fingerprint density at radius 1 is 1.48 bits per heavy atom. The van der Waals surface area contributed by atoms with Crippen molar-refractivity contribution < 1.29 is 34.2 Å². The van der Waals surface area contributed by atoms with Crippen molar-refractivity contribution in [2.75, 3.05) is 14.1 Å². The summed E-state index contributed by atoms with van der Waals surface area (Å²) in [7, 11) is 3.66. The average molecular weight is 376 g/mol.